The van der Waals surface area contributed by atoms with Crippen LogP contribution in [0.3, 0.4) is 0 Å². The fourth-order valence-corrected chi connectivity index (χ4v) is 4.88. The molecule has 7 heteroatoms. The van der Waals surface area contributed by atoms with E-state index >= 15 is 0 Å². The Morgan fingerprint density at radius 1 is 0.595 bits per heavy atom. The summed E-state index contributed by atoms with van der Waals surface area (Å²) in [4.78, 5) is 0. The van der Waals surface area contributed by atoms with Crippen LogP contribution in [0.5, 0.6) is 5.75 Å². The zero-order valence-corrected chi connectivity index (χ0v) is 27.1. The van der Waals surface area contributed by atoms with E-state index in [9.17, 15) is 0 Å². The van der Waals surface area contributed by atoms with E-state index in [2.05, 4.69) is 79.3 Å². The molecule has 0 spiro atoms. The molecule has 0 fully saturated rings. The molecule has 0 saturated carbocycles. The van der Waals surface area contributed by atoms with Crippen LogP contribution in [-0.2, 0) is 19.4 Å². The Morgan fingerprint density at radius 2 is 1.07 bits per heavy atom. The zero-order valence-electron chi connectivity index (χ0n) is 27.1. The molecule has 2 atom stereocenters. The van der Waals surface area contributed by atoms with Gasteiger partial charge in [-0.15, -0.1) is 0 Å². The topological polar surface area (TPSA) is 109 Å². The van der Waals surface area contributed by atoms with E-state index in [1.54, 1.807) is 0 Å². The summed E-state index contributed by atoms with van der Waals surface area (Å²) in [5.41, 5.74) is 16.8. The van der Waals surface area contributed by atoms with Crippen LogP contribution in [0.4, 0.5) is 0 Å². The second kappa shape index (κ2) is 22.5. The highest BCUT2D eigenvalue weighted by Crippen LogP contribution is 2.21. The Morgan fingerprint density at radius 3 is 1.55 bits per heavy atom. The minimum absolute atomic E-state index is 0.0988. The summed E-state index contributed by atoms with van der Waals surface area (Å²) in [5, 5.41) is 14.1. The average molecular weight is 583 g/mol. The molecule has 8 N–H and O–H groups in total. The zero-order chi connectivity index (χ0) is 30.4. The highest BCUT2D eigenvalue weighted by molar-refractivity contribution is 5.36. The van der Waals surface area contributed by atoms with Crippen molar-refractivity contribution < 1.29 is 4.74 Å². The lowest BCUT2D eigenvalue weighted by Crippen LogP contribution is -2.31. The van der Waals surface area contributed by atoms with Crippen molar-refractivity contribution in [2.45, 2.75) is 84.9 Å². The molecule has 0 bridgehead atoms. The first-order valence-electron chi connectivity index (χ1n) is 16.5. The van der Waals surface area contributed by atoms with Gasteiger partial charge in [-0.25, -0.2) is 0 Å². The summed E-state index contributed by atoms with van der Waals surface area (Å²) in [6.07, 6.45) is 5.82. The maximum atomic E-state index is 6.58. The second-order valence-corrected chi connectivity index (χ2v) is 12.7. The van der Waals surface area contributed by atoms with Gasteiger partial charge < -0.3 is 37.5 Å². The Balaban J connectivity index is 1.81. The first-order chi connectivity index (χ1) is 20.3. The number of benzene rings is 2. The van der Waals surface area contributed by atoms with Crippen molar-refractivity contribution >= 4 is 0 Å². The maximum Gasteiger partial charge on any atom is 0.120 e. The van der Waals surface area contributed by atoms with Crippen LogP contribution >= 0.6 is 0 Å². The lowest BCUT2D eigenvalue weighted by atomic mass is 9.97. The van der Waals surface area contributed by atoms with E-state index < -0.39 is 0 Å². The van der Waals surface area contributed by atoms with E-state index in [4.69, 9.17) is 16.2 Å². The van der Waals surface area contributed by atoms with Crippen LogP contribution < -0.4 is 37.5 Å². The molecule has 238 valence electrons. The third kappa shape index (κ3) is 18.5. The largest absolute Gasteiger partial charge is 0.489 e. The normalized spacial score (nSPS) is 13.1. The molecule has 0 aromatic heterocycles. The fourth-order valence-electron chi connectivity index (χ4n) is 4.88. The van der Waals surface area contributed by atoms with Crippen molar-refractivity contribution in [1.82, 2.24) is 21.3 Å². The molecule has 2 aromatic carbocycles. The van der Waals surface area contributed by atoms with E-state index in [-0.39, 0.29) is 12.1 Å². The van der Waals surface area contributed by atoms with Crippen LogP contribution in [0.2, 0.25) is 0 Å². The molecule has 0 saturated heterocycles. The van der Waals surface area contributed by atoms with Crippen LogP contribution in [0.1, 0.15) is 70.1 Å². The van der Waals surface area contributed by atoms with Crippen LogP contribution in [0.15, 0.2) is 48.5 Å². The van der Waals surface area contributed by atoms with Crippen molar-refractivity contribution in [3.05, 3.63) is 65.2 Å². The van der Waals surface area contributed by atoms with E-state index in [0.29, 0.717) is 18.4 Å². The molecule has 0 radical (unpaired) electrons. The molecule has 0 aliphatic carbocycles. The highest BCUT2D eigenvalue weighted by atomic mass is 16.5. The lowest BCUT2D eigenvalue weighted by Gasteiger charge is -2.17. The third-order valence-corrected chi connectivity index (χ3v) is 7.17. The van der Waals surface area contributed by atoms with Crippen molar-refractivity contribution in [1.29, 1.82) is 0 Å². The number of ether oxygens (including phenoxy) is 1. The highest BCUT2D eigenvalue weighted by Gasteiger charge is 2.11. The first kappa shape index (κ1) is 36.2. The van der Waals surface area contributed by atoms with Gasteiger partial charge in [0, 0.05) is 12.1 Å². The lowest BCUT2D eigenvalue weighted by molar-refractivity contribution is 0.305. The minimum atomic E-state index is 0.0988. The Kier molecular flexibility index (Phi) is 19.4. The maximum absolute atomic E-state index is 6.58. The van der Waals surface area contributed by atoms with Crippen molar-refractivity contribution in [3.8, 4) is 5.75 Å². The third-order valence-electron chi connectivity index (χ3n) is 7.17. The van der Waals surface area contributed by atoms with Gasteiger partial charge in [-0.05, 0) is 132 Å². The van der Waals surface area contributed by atoms with Gasteiger partial charge in [0.05, 0.1) is 0 Å². The molecule has 2 rings (SSSR count). The summed E-state index contributed by atoms with van der Waals surface area (Å²) in [5.74, 6) is 2.29. The molecular weight excluding hydrogens is 520 g/mol. The number of nitrogens with one attached hydrogen (secondary N) is 4. The fraction of sp³-hybridized carbons (Fsp3) is 0.657. The minimum Gasteiger partial charge on any atom is -0.489 e. The summed E-state index contributed by atoms with van der Waals surface area (Å²) < 4.78 is 6.24. The number of nitrogens with two attached hydrogens (primary N) is 2. The molecule has 2 aromatic rings. The second-order valence-electron chi connectivity index (χ2n) is 12.7. The molecule has 42 heavy (non-hydrogen) atoms. The monoisotopic (exact) mass is 582 g/mol. The van der Waals surface area contributed by atoms with Gasteiger partial charge in [-0.1, -0.05) is 64.1 Å². The van der Waals surface area contributed by atoms with Gasteiger partial charge in [0.2, 0.25) is 0 Å². The number of hydrogen-bond acceptors (Lipinski definition) is 7. The Labute approximate surface area is 257 Å². The van der Waals surface area contributed by atoms with Crippen LogP contribution in [0, 0.1) is 11.8 Å². The van der Waals surface area contributed by atoms with E-state index in [1.165, 1.54) is 11.1 Å². The summed E-state index contributed by atoms with van der Waals surface area (Å²) in [6, 6.07) is 17.1. The molecule has 7 nitrogen and oxygen atoms in total. The van der Waals surface area contributed by atoms with Gasteiger partial charge in [0.15, 0.2) is 0 Å². The van der Waals surface area contributed by atoms with Crippen LogP contribution in [-0.4, -0.2) is 64.4 Å². The van der Waals surface area contributed by atoms with Crippen molar-refractivity contribution in [3.63, 3.8) is 0 Å². The summed E-state index contributed by atoms with van der Waals surface area (Å²) in [7, 11) is 0. The van der Waals surface area contributed by atoms with Gasteiger partial charge in [-0.3, -0.25) is 0 Å². The molecule has 0 amide bonds. The van der Waals surface area contributed by atoms with Crippen molar-refractivity contribution in [2.75, 3.05) is 52.4 Å². The SMILES string of the molecule is CC(C)CNCCCNCCC(N)Cc1cc(CC(N)CCNCCCNCC(C)C)cc(OCc2ccccc2)c1. The Hall–Kier alpha value is -2.00. The van der Waals surface area contributed by atoms with E-state index in [0.717, 1.165) is 102 Å². The molecule has 2 unspecified atom stereocenters. The van der Waals surface area contributed by atoms with E-state index in [1.807, 2.05) is 18.2 Å². The van der Waals surface area contributed by atoms with Gasteiger partial charge >= 0.3 is 0 Å². The average Bonchev–Trinajstić information content (AvgIpc) is 2.95. The number of rotatable bonds is 25. The molecular formula is C35H62N6O. The van der Waals surface area contributed by atoms with Crippen LogP contribution in [0.25, 0.3) is 0 Å². The smallest absolute Gasteiger partial charge is 0.120 e. The first-order valence-corrected chi connectivity index (χ1v) is 16.5. The summed E-state index contributed by atoms with van der Waals surface area (Å²) in [6.45, 7) is 17.7. The Bertz CT molecular complexity index is 873. The number of hydrogen-bond donors (Lipinski definition) is 6. The summed E-state index contributed by atoms with van der Waals surface area (Å²) >= 11 is 0. The quantitative estimate of drug-likeness (QED) is 0.0973. The molecule has 0 aliphatic rings. The predicted molar refractivity (Wildman–Crippen MR) is 180 cm³/mol. The van der Waals surface area contributed by atoms with Crippen molar-refractivity contribution in [2.24, 2.45) is 23.3 Å². The predicted octanol–water partition coefficient (Wildman–Crippen LogP) is 4.24. The molecule has 0 aliphatic heterocycles. The van der Waals surface area contributed by atoms with Gasteiger partial charge in [-0.2, -0.15) is 0 Å². The molecule has 0 heterocycles. The standard InChI is InChI=1S/C35H62N6O/c1-28(2)25-40-16-8-14-38-18-12-33(36)21-31-20-32(24-35(23-31)42-27-30-10-6-5-7-11-30)22-34(37)13-19-39-15-9-17-41-26-29(3)4/h5-7,10-11,20,23-24,28-29,33-34,38-41H,8-9,12-19,21-22,25-27,36-37H2,1-4H3. The van der Waals surface area contributed by atoms with Gasteiger partial charge in [0.25, 0.3) is 0 Å². The van der Waals surface area contributed by atoms with Gasteiger partial charge in [0.1, 0.15) is 12.4 Å².